The maximum Gasteiger partial charge on any atom is 0.227 e. The number of aryl methyl sites for hydroxylation is 2. The summed E-state index contributed by atoms with van der Waals surface area (Å²) in [6.07, 6.45) is 2.44. The first-order valence-corrected chi connectivity index (χ1v) is 11.7. The molecule has 0 N–H and O–H groups in total. The highest BCUT2D eigenvalue weighted by Crippen LogP contribution is 2.33. The van der Waals surface area contributed by atoms with E-state index in [0.717, 1.165) is 53.2 Å². The fourth-order valence-electron chi connectivity index (χ4n) is 4.65. The molecule has 0 saturated carbocycles. The lowest BCUT2D eigenvalue weighted by atomic mass is 10.1. The highest BCUT2D eigenvalue weighted by atomic mass is 16.5. The first-order valence-electron chi connectivity index (χ1n) is 11.7. The number of carbonyl (C=O) groups is 1. The summed E-state index contributed by atoms with van der Waals surface area (Å²) >= 11 is 0. The van der Waals surface area contributed by atoms with E-state index in [9.17, 15) is 4.79 Å². The summed E-state index contributed by atoms with van der Waals surface area (Å²) in [4.78, 5) is 19.8. The Labute approximate surface area is 194 Å². The maximum absolute atomic E-state index is 12.9. The zero-order valence-corrected chi connectivity index (χ0v) is 19.0. The number of fused-ring (bicyclic) bond motifs is 1. The van der Waals surface area contributed by atoms with Crippen molar-refractivity contribution in [2.75, 3.05) is 18.1 Å². The van der Waals surface area contributed by atoms with Crippen molar-refractivity contribution < 1.29 is 9.53 Å². The number of para-hydroxylation sites is 3. The second-order valence-electron chi connectivity index (χ2n) is 8.72. The molecule has 5 heteroatoms. The number of hydrogen-bond donors (Lipinski definition) is 0. The summed E-state index contributed by atoms with van der Waals surface area (Å²) in [5.41, 5.74) is 4.27. The second kappa shape index (κ2) is 9.49. The number of amides is 1. The van der Waals surface area contributed by atoms with Crippen LogP contribution in [-0.2, 0) is 11.3 Å². The van der Waals surface area contributed by atoms with Crippen molar-refractivity contribution in [3.8, 4) is 5.75 Å². The molecule has 0 unspecified atom stereocenters. The van der Waals surface area contributed by atoms with Gasteiger partial charge in [0.15, 0.2) is 0 Å². The van der Waals surface area contributed by atoms with E-state index in [-0.39, 0.29) is 11.8 Å². The fourth-order valence-corrected chi connectivity index (χ4v) is 4.65. The van der Waals surface area contributed by atoms with Gasteiger partial charge in [-0.15, -0.1) is 0 Å². The van der Waals surface area contributed by atoms with Gasteiger partial charge in [0.1, 0.15) is 11.6 Å². The molecule has 0 spiro atoms. The third-order valence-electron chi connectivity index (χ3n) is 6.28. The molecule has 4 aromatic rings. The number of aromatic nitrogens is 2. The van der Waals surface area contributed by atoms with Crippen molar-refractivity contribution in [2.24, 2.45) is 0 Å². The van der Waals surface area contributed by atoms with E-state index >= 15 is 0 Å². The van der Waals surface area contributed by atoms with E-state index < -0.39 is 0 Å². The van der Waals surface area contributed by atoms with Crippen LogP contribution in [0.1, 0.15) is 36.6 Å². The van der Waals surface area contributed by atoms with E-state index in [4.69, 9.17) is 9.72 Å². The highest BCUT2D eigenvalue weighted by molar-refractivity contribution is 5.96. The number of unbranched alkanes of at least 4 members (excludes halogenated alkanes) is 1. The van der Waals surface area contributed by atoms with Gasteiger partial charge in [0.05, 0.1) is 17.6 Å². The van der Waals surface area contributed by atoms with Crippen LogP contribution < -0.4 is 9.64 Å². The Morgan fingerprint density at radius 3 is 2.64 bits per heavy atom. The standard InChI is InChI=1S/C28H29N3O2/c1-21-10-9-11-23(18-21)31-20-22(19-27(31)32)28-29-25-14-5-6-15-26(25)30(28)16-7-8-17-33-24-12-3-2-4-13-24/h2-6,9-15,18,22H,7-8,16-17,19-20H2,1H3/t22-/m0/s1. The van der Waals surface area contributed by atoms with Gasteiger partial charge in [0.2, 0.25) is 5.91 Å². The Morgan fingerprint density at radius 1 is 0.970 bits per heavy atom. The first-order chi connectivity index (χ1) is 16.2. The van der Waals surface area contributed by atoms with Gasteiger partial charge in [-0.05, 0) is 61.7 Å². The van der Waals surface area contributed by atoms with Gasteiger partial charge in [-0.1, -0.05) is 42.5 Å². The zero-order valence-electron chi connectivity index (χ0n) is 19.0. The third-order valence-corrected chi connectivity index (χ3v) is 6.28. The van der Waals surface area contributed by atoms with E-state index in [1.54, 1.807) is 0 Å². The van der Waals surface area contributed by atoms with Crippen LogP contribution in [0.2, 0.25) is 0 Å². The van der Waals surface area contributed by atoms with Crippen molar-refractivity contribution >= 4 is 22.6 Å². The number of carbonyl (C=O) groups excluding carboxylic acids is 1. The monoisotopic (exact) mass is 439 g/mol. The Hall–Kier alpha value is -3.60. The number of nitrogens with zero attached hydrogens (tertiary/aromatic N) is 3. The minimum atomic E-state index is 0.0889. The normalized spacial score (nSPS) is 16.0. The van der Waals surface area contributed by atoms with Crippen LogP contribution >= 0.6 is 0 Å². The lowest BCUT2D eigenvalue weighted by Crippen LogP contribution is -2.24. The first kappa shape index (κ1) is 21.3. The molecule has 5 nitrogen and oxygen atoms in total. The minimum absolute atomic E-state index is 0.0889. The van der Waals surface area contributed by atoms with Crippen LogP contribution in [0.4, 0.5) is 5.69 Å². The molecule has 1 atom stereocenters. The summed E-state index contributed by atoms with van der Waals surface area (Å²) in [5.74, 6) is 2.18. The van der Waals surface area contributed by atoms with Crippen molar-refractivity contribution in [3.63, 3.8) is 0 Å². The molecule has 33 heavy (non-hydrogen) atoms. The van der Waals surface area contributed by atoms with E-state index in [1.165, 1.54) is 0 Å². The number of ether oxygens (including phenoxy) is 1. The van der Waals surface area contributed by atoms with E-state index in [0.29, 0.717) is 19.6 Å². The quantitative estimate of drug-likeness (QED) is 0.330. The SMILES string of the molecule is Cc1cccc(N2C[C@@H](c3nc4ccccc4n3CCCCOc3ccccc3)CC2=O)c1. The van der Waals surface area contributed by atoms with Crippen LogP contribution in [0.3, 0.4) is 0 Å². The van der Waals surface area contributed by atoms with Gasteiger partial charge in [-0.25, -0.2) is 4.98 Å². The molecule has 1 aliphatic heterocycles. The van der Waals surface area contributed by atoms with Crippen LogP contribution in [0.5, 0.6) is 5.75 Å². The minimum Gasteiger partial charge on any atom is -0.494 e. The molecule has 1 saturated heterocycles. The number of hydrogen-bond acceptors (Lipinski definition) is 3. The second-order valence-corrected chi connectivity index (χ2v) is 8.72. The molecule has 5 rings (SSSR count). The fraction of sp³-hybridized carbons (Fsp3) is 0.286. The maximum atomic E-state index is 12.9. The topological polar surface area (TPSA) is 47.4 Å². The average Bonchev–Trinajstić information content (AvgIpc) is 3.40. The van der Waals surface area contributed by atoms with Gasteiger partial charge in [-0.2, -0.15) is 0 Å². The molecule has 1 amide bonds. The summed E-state index contributed by atoms with van der Waals surface area (Å²) in [5, 5.41) is 0. The average molecular weight is 440 g/mol. The lowest BCUT2D eigenvalue weighted by molar-refractivity contribution is -0.117. The molecular weight excluding hydrogens is 410 g/mol. The Bertz CT molecular complexity index is 1250. The van der Waals surface area contributed by atoms with E-state index in [2.05, 4.69) is 41.8 Å². The van der Waals surface area contributed by atoms with Crippen molar-refractivity contribution in [2.45, 2.75) is 38.6 Å². The predicted molar refractivity (Wildman–Crippen MR) is 132 cm³/mol. The van der Waals surface area contributed by atoms with Gasteiger partial charge in [0.25, 0.3) is 0 Å². The van der Waals surface area contributed by atoms with Gasteiger partial charge >= 0.3 is 0 Å². The van der Waals surface area contributed by atoms with Crippen LogP contribution in [-0.4, -0.2) is 28.6 Å². The zero-order chi connectivity index (χ0) is 22.6. The Morgan fingerprint density at radius 2 is 1.79 bits per heavy atom. The molecule has 3 aromatic carbocycles. The van der Waals surface area contributed by atoms with Crippen molar-refractivity contribution in [3.05, 3.63) is 90.3 Å². The van der Waals surface area contributed by atoms with E-state index in [1.807, 2.05) is 53.4 Å². The molecule has 1 aromatic heterocycles. The molecular formula is C28H29N3O2. The summed E-state index contributed by atoms with van der Waals surface area (Å²) in [6, 6.07) is 26.4. The van der Waals surface area contributed by atoms with Gasteiger partial charge in [-0.3, -0.25) is 4.79 Å². The smallest absolute Gasteiger partial charge is 0.227 e. The third kappa shape index (κ3) is 4.63. The van der Waals surface area contributed by atoms with Crippen LogP contribution in [0, 0.1) is 6.92 Å². The van der Waals surface area contributed by atoms with Crippen molar-refractivity contribution in [1.82, 2.24) is 9.55 Å². The molecule has 0 radical (unpaired) electrons. The van der Waals surface area contributed by atoms with Crippen molar-refractivity contribution in [1.29, 1.82) is 0 Å². The number of anilines is 1. The molecule has 168 valence electrons. The molecule has 1 aliphatic rings. The highest BCUT2D eigenvalue weighted by Gasteiger charge is 2.34. The predicted octanol–water partition coefficient (Wildman–Crippen LogP) is 5.72. The number of rotatable bonds is 8. The summed E-state index contributed by atoms with van der Waals surface area (Å²) < 4.78 is 8.17. The van der Waals surface area contributed by atoms with Crippen LogP contribution in [0.25, 0.3) is 11.0 Å². The summed E-state index contributed by atoms with van der Waals surface area (Å²) in [6.45, 7) is 4.28. The number of benzene rings is 3. The Kier molecular flexibility index (Phi) is 6.11. The van der Waals surface area contributed by atoms with Gasteiger partial charge in [0, 0.05) is 31.1 Å². The largest absolute Gasteiger partial charge is 0.494 e. The Balaban J connectivity index is 1.31. The lowest BCUT2D eigenvalue weighted by Gasteiger charge is -2.18. The molecule has 0 aliphatic carbocycles. The summed E-state index contributed by atoms with van der Waals surface area (Å²) in [7, 11) is 0. The van der Waals surface area contributed by atoms with Gasteiger partial charge < -0.3 is 14.2 Å². The molecule has 1 fully saturated rings. The number of imidazole rings is 1. The molecule has 2 heterocycles. The molecule has 0 bridgehead atoms. The van der Waals surface area contributed by atoms with Crippen LogP contribution in [0.15, 0.2) is 78.9 Å².